The van der Waals surface area contributed by atoms with Crippen molar-refractivity contribution in [3.05, 3.63) is 46.5 Å². The summed E-state index contributed by atoms with van der Waals surface area (Å²) >= 11 is 3.37. The Hall–Kier alpha value is -1.13. The fraction of sp³-hybridized carbons (Fsp3) is 0.400. The molecular weight excluding hydrogens is 306 g/mol. The van der Waals surface area contributed by atoms with E-state index >= 15 is 0 Å². The van der Waals surface area contributed by atoms with Crippen molar-refractivity contribution in [3.8, 4) is 0 Å². The van der Waals surface area contributed by atoms with Crippen molar-refractivity contribution in [2.24, 2.45) is 5.73 Å². The van der Waals surface area contributed by atoms with Crippen molar-refractivity contribution >= 4 is 21.9 Å². The summed E-state index contributed by atoms with van der Waals surface area (Å²) < 4.78 is 6.22. The summed E-state index contributed by atoms with van der Waals surface area (Å²) in [7, 11) is 0. The number of rotatable bonds is 5. The van der Waals surface area contributed by atoms with Crippen LogP contribution in [-0.2, 0) is 15.1 Å². The van der Waals surface area contributed by atoms with Crippen LogP contribution in [0.25, 0.3) is 0 Å². The first-order valence-electron chi connectivity index (χ1n) is 6.16. The fourth-order valence-corrected chi connectivity index (χ4v) is 2.10. The Bertz CT molecular complexity index is 468. The second-order valence-corrected chi connectivity index (χ2v) is 5.98. The van der Waals surface area contributed by atoms with Crippen LogP contribution in [0.1, 0.15) is 32.8 Å². The first kappa shape index (κ1) is 15.9. The summed E-state index contributed by atoms with van der Waals surface area (Å²) in [6, 6.07) is 7.37. The number of nitrogens with two attached hydrogens (primary N) is 1. The molecule has 1 aromatic rings. The Morgan fingerprint density at radius 1 is 1.42 bits per heavy atom. The number of carbonyl (C=O) groups excluding carboxylic acids is 1. The number of carbonyl (C=O) groups is 1. The summed E-state index contributed by atoms with van der Waals surface area (Å²) in [5.74, 6) is -0.423. The van der Waals surface area contributed by atoms with E-state index in [4.69, 9.17) is 10.5 Å². The van der Waals surface area contributed by atoms with Gasteiger partial charge in [-0.25, -0.2) is 4.79 Å². The number of benzene rings is 1. The van der Waals surface area contributed by atoms with E-state index < -0.39 is 11.5 Å². The molecule has 0 aliphatic rings. The third kappa shape index (κ3) is 4.18. The lowest BCUT2D eigenvalue weighted by Gasteiger charge is -2.29. The summed E-state index contributed by atoms with van der Waals surface area (Å²) in [6.07, 6.45) is 0.163. The molecule has 0 radical (unpaired) electrons. The molecule has 0 aliphatic carbocycles. The van der Waals surface area contributed by atoms with Gasteiger partial charge < -0.3 is 10.5 Å². The summed E-state index contributed by atoms with van der Waals surface area (Å²) in [4.78, 5) is 12.3. The van der Waals surface area contributed by atoms with Gasteiger partial charge in [-0.05, 0) is 38.5 Å². The number of hydrogen-bond donors (Lipinski definition) is 1. The summed E-state index contributed by atoms with van der Waals surface area (Å²) in [5, 5.41) is 0. The van der Waals surface area contributed by atoms with Gasteiger partial charge in [-0.1, -0.05) is 33.6 Å². The van der Waals surface area contributed by atoms with Crippen molar-refractivity contribution in [1.29, 1.82) is 0 Å². The van der Waals surface area contributed by atoms with E-state index in [0.717, 1.165) is 15.6 Å². The minimum atomic E-state index is -1.18. The molecule has 0 saturated heterocycles. The van der Waals surface area contributed by atoms with Crippen LogP contribution in [0.15, 0.2) is 40.9 Å². The molecule has 0 fully saturated rings. The molecule has 4 heteroatoms. The van der Waals surface area contributed by atoms with Crippen molar-refractivity contribution in [3.63, 3.8) is 0 Å². The van der Waals surface area contributed by atoms with E-state index in [2.05, 4.69) is 22.5 Å². The van der Waals surface area contributed by atoms with Crippen molar-refractivity contribution < 1.29 is 9.53 Å². The zero-order valence-electron chi connectivity index (χ0n) is 11.6. The highest BCUT2D eigenvalue weighted by Crippen LogP contribution is 2.28. The predicted molar refractivity (Wildman–Crippen MR) is 80.7 cm³/mol. The number of ether oxygens (including phenoxy) is 1. The number of hydrogen-bond acceptors (Lipinski definition) is 3. The Kier molecular flexibility index (Phi) is 5.32. The van der Waals surface area contributed by atoms with Gasteiger partial charge >= 0.3 is 5.97 Å². The molecule has 104 valence electrons. The standard InChI is InChI=1S/C15H20BrNO2/c1-10(2)9-15(17,14(18)19-11(3)4)12-5-7-13(16)8-6-12/h5-8,11H,1,9,17H2,2-4H3. The van der Waals surface area contributed by atoms with E-state index in [0.29, 0.717) is 6.42 Å². The van der Waals surface area contributed by atoms with Gasteiger partial charge in [-0.15, -0.1) is 6.58 Å². The summed E-state index contributed by atoms with van der Waals surface area (Å²) in [5.41, 5.74) is 6.69. The van der Waals surface area contributed by atoms with Gasteiger partial charge in [0.2, 0.25) is 0 Å². The average molecular weight is 326 g/mol. The SMILES string of the molecule is C=C(C)CC(N)(C(=O)OC(C)C)c1ccc(Br)cc1. The topological polar surface area (TPSA) is 52.3 Å². The zero-order valence-corrected chi connectivity index (χ0v) is 13.2. The predicted octanol–water partition coefficient (Wildman–Crippen LogP) is 3.52. The maximum Gasteiger partial charge on any atom is 0.331 e. The normalized spacial score (nSPS) is 14.0. The van der Waals surface area contributed by atoms with Crippen LogP contribution < -0.4 is 5.73 Å². The molecule has 0 amide bonds. The van der Waals surface area contributed by atoms with Crippen molar-refractivity contribution in [2.45, 2.75) is 38.8 Å². The molecule has 1 aromatic carbocycles. The van der Waals surface area contributed by atoms with Crippen LogP contribution >= 0.6 is 15.9 Å². The minimum Gasteiger partial charge on any atom is -0.461 e. The molecule has 3 nitrogen and oxygen atoms in total. The second kappa shape index (κ2) is 6.35. The Labute approximate surface area is 123 Å². The highest BCUT2D eigenvalue weighted by Gasteiger charge is 2.38. The highest BCUT2D eigenvalue weighted by molar-refractivity contribution is 9.10. The molecule has 1 unspecified atom stereocenters. The molecular formula is C15H20BrNO2. The molecule has 1 atom stereocenters. The Balaban J connectivity index is 3.15. The molecule has 0 heterocycles. The van der Waals surface area contributed by atoms with Gasteiger partial charge in [0.05, 0.1) is 6.10 Å². The molecule has 2 N–H and O–H groups in total. The fourth-order valence-electron chi connectivity index (χ4n) is 1.83. The minimum absolute atomic E-state index is 0.198. The van der Waals surface area contributed by atoms with Crippen LogP contribution in [0.3, 0.4) is 0 Å². The maximum atomic E-state index is 12.3. The molecule has 0 spiro atoms. The van der Waals surface area contributed by atoms with Crippen molar-refractivity contribution in [2.75, 3.05) is 0 Å². The monoisotopic (exact) mass is 325 g/mol. The van der Waals surface area contributed by atoms with Gasteiger partial charge in [-0.2, -0.15) is 0 Å². The molecule has 0 saturated carbocycles. The molecule has 1 rings (SSSR count). The van der Waals surface area contributed by atoms with E-state index in [1.165, 1.54) is 0 Å². The third-order valence-corrected chi connectivity index (χ3v) is 3.18. The van der Waals surface area contributed by atoms with Crippen LogP contribution in [0.5, 0.6) is 0 Å². The van der Waals surface area contributed by atoms with E-state index in [-0.39, 0.29) is 6.10 Å². The highest BCUT2D eigenvalue weighted by atomic mass is 79.9. The lowest BCUT2D eigenvalue weighted by atomic mass is 9.85. The Morgan fingerprint density at radius 3 is 2.37 bits per heavy atom. The lowest BCUT2D eigenvalue weighted by Crippen LogP contribution is -2.47. The average Bonchev–Trinajstić information content (AvgIpc) is 2.27. The Morgan fingerprint density at radius 2 is 1.95 bits per heavy atom. The molecule has 19 heavy (non-hydrogen) atoms. The van der Waals surface area contributed by atoms with E-state index in [9.17, 15) is 4.79 Å². The number of esters is 1. The molecule has 0 aromatic heterocycles. The smallest absolute Gasteiger partial charge is 0.331 e. The largest absolute Gasteiger partial charge is 0.461 e. The maximum absolute atomic E-state index is 12.3. The van der Waals surface area contributed by atoms with Gasteiger partial charge in [0, 0.05) is 10.9 Å². The van der Waals surface area contributed by atoms with Crippen LogP contribution in [-0.4, -0.2) is 12.1 Å². The van der Waals surface area contributed by atoms with Crippen LogP contribution in [0.2, 0.25) is 0 Å². The van der Waals surface area contributed by atoms with Crippen LogP contribution in [0, 0.1) is 0 Å². The van der Waals surface area contributed by atoms with Crippen LogP contribution in [0.4, 0.5) is 0 Å². The molecule has 0 bridgehead atoms. The molecule has 0 aliphatic heterocycles. The lowest BCUT2D eigenvalue weighted by molar-refractivity contribution is -0.154. The third-order valence-electron chi connectivity index (χ3n) is 2.65. The first-order valence-corrected chi connectivity index (χ1v) is 6.95. The second-order valence-electron chi connectivity index (χ2n) is 5.07. The quantitative estimate of drug-likeness (QED) is 0.665. The zero-order chi connectivity index (χ0) is 14.6. The first-order chi connectivity index (χ1) is 8.75. The van der Waals surface area contributed by atoms with E-state index in [1.54, 1.807) is 13.8 Å². The van der Waals surface area contributed by atoms with E-state index in [1.807, 2.05) is 31.2 Å². The van der Waals surface area contributed by atoms with Crippen molar-refractivity contribution in [1.82, 2.24) is 0 Å². The van der Waals surface area contributed by atoms with Gasteiger partial charge in [0.25, 0.3) is 0 Å². The van der Waals surface area contributed by atoms with Gasteiger partial charge in [-0.3, -0.25) is 0 Å². The van der Waals surface area contributed by atoms with Gasteiger partial charge in [0.15, 0.2) is 0 Å². The van der Waals surface area contributed by atoms with Gasteiger partial charge in [0.1, 0.15) is 5.54 Å². The summed E-state index contributed by atoms with van der Waals surface area (Å²) in [6.45, 7) is 9.31. The number of halogens is 1.